The van der Waals surface area contributed by atoms with E-state index in [1.807, 2.05) is 21.9 Å². The second-order valence-corrected chi connectivity index (χ2v) is 6.64. The van der Waals surface area contributed by atoms with Gasteiger partial charge >= 0.3 is 6.03 Å². The van der Waals surface area contributed by atoms with E-state index in [1.165, 1.54) is 5.56 Å². The zero-order chi connectivity index (χ0) is 16.6. The Labute approximate surface area is 146 Å². The number of aromatic nitrogens is 1. The quantitative estimate of drug-likeness (QED) is 0.876. The van der Waals surface area contributed by atoms with Crippen LogP contribution in [0.4, 0.5) is 4.79 Å². The smallest absolute Gasteiger partial charge is 0.317 e. The van der Waals surface area contributed by atoms with Crippen LogP contribution in [0.5, 0.6) is 0 Å². The fourth-order valence-corrected chi connectivity index (χ4v) is 3.41. The largest absolute Gasteiger partial charge is 0.375 e. The van der Waals surface area contributed by atoms with E-state index in [-0.39, 0.29) is 12.1 Å². The average Bonchev–Trinajstić information content (AvgIpc) is 3.14. The van der Waals surface area contributed by atoms with Gasteiger partial charge in [-0.2, -0.15) is 0 Å². The molecule has 2 amide bonds. The molecule has 0 unspecified atom stereocenters. The molecule has 128 valence electrons. The first-order chi connectivity index (χ1) is 11.8. The van der Waals surface area contributed by atoms with Crippen LogP contribution < -0.4 is 5.32 Å². The number of nitrogens with one attached hydrogen (secondary N) is 1. The number of carbonyl (C=O) groups is 1. The summed E-state index contributed by atoms with van der Waals surface area (Å²) in [5, 5.41) is 5.00. The molecule has 1 aromatic heterocycles. The summed E-state index contributed by atoms with van der Waals surface area (Å²) in [6.07, 6.45) is 2.80. The van der Waals surface area contributed by atoms with Gasteiger partial charge in [-0.05, 0) is 18.4 Å². The van der Waals surface area contributed by atoms with Crippen molar-refractivity contribution in [1.82, 2.24) is 15.2 Å². The number of morpholine rings is 1. The molecule has 2 heterocycles. The van der Waals surface area contributed by atoms with Crippen LogP contribution in [0.1, 0.15) is 17.7 Å². The first-order valence-corrected chi connectivity index (χ1v) is 9.31. The molecule has 0 saturated carbocycles. The molecule has 1 fully saturated rings. The molecule has 2 aromatic rings. The highest BCUT2D eigenvalue weighted by Gasteiger charge is 2.23. The van der Waals surface area contributed by atoms with Gasteiger partial charge in [0.15, 0.2) is 0 Å². The van der Waals surface area contributed by atoms with Crippen molar-refractivity contribution in [3.63, 3.8) is 0 Å². The first-order valence-electron chi connectivity index (χ1n) is 8.36. The second-order valence-electron chi connectivity index (χ2n) is 5.92. The maximum Gasteiger partial charge on any atom is 0.317 e. The van der Waals surface area contributed by atoms with Crippen LogP contribution >= 0.6 is 11.3 Å². The number of urea groups is 1. The van der Waals surface area contributed by atoms with E-state index < -0.39 is 0 Å². The van der Waals surface area contributed by atoms with Crippen LogP contribution in [0.3, 0.4) is 0 Å². The zero-order valence-corrected chi connectivity index (χ0v) is 14.5. The fourth-order valence-electron chi connectivity index (χ4n) is 2.82. The number of rotatable bonds is 6. The summed E-state index contributed by atoms with van der Waals surface area (Å²) >= 11 is 1.58. The van der Waals surface area contributed by atoms with Gasteiger partial charge in [0.1, 0.15) is 0 Å². The summed E-state index contributed by atoms with van der Waals surface area (Å²) < 4.78 is 5.81. The number of amides is 2. The molecule has 0 radical (unpaired) electrons. The molecule has 1 aliphatic rings. The summed E-state index contributed by atoms with van der Waals surface area (Å²) in [6.45, 7) is 2.55. The van der Waals surface area contributed by atoms with Crippen molar-refractivity contribution in [3.05, 3.63) is 52.5 Å². The van der Waals surface area contributed by atoms with Crippen LogP contribution in [0.25, 0.3) is 0 Å². The lowest BCUT2D eigenvalue weighted by Gasteiger charge is -2.33. The highest BCUT2D eigenvalue weighted by Crippen LogP contribution is 2.12. The third kappa shape index (κ3) is 5.04. The van der Waals surface area contributed by atoms with E-state index >= 15 is 0 Å². The summed E-state index contributed by atoms with van der Waals surface area (Å²) in [6, 6.07) is 10.4. The fraction of sp³-hybridized carbons (Fsp3) is 0.444. The lowest BCUT2D eigenvalue weighted by Crippen LogP contribution is -2.50. The molecule has 0 spiro atoms. The van der Waals surface area contributed by atoms with Gasteiger partial charge in [-0.1, -0.05) is 30.3 Å². The summed E-state index contributed by atoms with van der Waals surface area (Å²) in [4.78, 5) is 18.4. The Bertz CT molecular complexity index is 618. The number of ether oxygens (including phenoxy) is 1. The average molecular weight is 345 g/mol. The van der Waals surface area contributed by atoms with Crippen molar-refractivity contribution in [2.75, 3.05) is 26.2 Å². The van der Waals surface area contributed by atoms with Gasteiger partial charge in [-0.25, -0.2) is 9.78 Å². The normalized spacial score (nSPS) is 17.7. The molecule has 3 rings (SSSR count). The minimum absolute atomic E-state index is 0.00163. The number of hydrogen-bond acceptors (Lipinski definition) is 4. The van der Waals surface area contributed by atoms with Gasteiger partial charge in [0.25, 0.3) is 0 Å². The molecule has 1 N–H and O–H groups in total. The standard InChI is InChI=1S/C18H23N3O2S/c22-18(19-9-8-16-13-24-14-20-16)21-10-11-23-17(12-21)7-6-15-4-2-1-3-5-15/h1-5,13-14,17H,6-12H2,(H,19,22)/t17-/m1/s1. The van der Waals surface area contributed by atoms with E-state index in [0.29, 0.717) is 26.2 Å². The maximum absolute atomic E-state index is 12.3. The summed E-state index contributed by atoms with van der Waals surface area (Å²) in [7, 11) is 0. The number of hydrogen-bond donors (Lipinski definition) is 1. The van der Waals surface area contributed by atoms with Crippen LogP contribution in [0, 0.1) is 0 Å². The van der Waals surface area contributed by atoms with Gasteiger partial charge in [-0.3, -0.25) is 0 Å². The monoisotopic (exact) mass is 345 g/mol. The van der Waals surface area contributed by atoms with Gasteiger partial charge in [0, 0.05) is 31.4 Å². The Hall–Kier alpha value is -1.92. The van der Waals surface area contributed by atoms with Crippen LogP contribution in [-0.4, -0.2) is 48.3 Å². The molecular weight excluding hydrogens is 322 g/mol. The van der Waals surface area contributed by atoms with Crippen LogP contribution in [0.2, 0.25) is 0 Å². The van der Waals surface area contributed by atoms with E-state index in [0.717, 1.165) is 25.0 Å². The highest BCUT2D eigenvalue weighted by atomic mass is 32.1. The van der Waals surface area contributed by atoms with Crippen molar-refractivity contribution >= 4 is 17.4 Å². The van der Waals surface area contributed by atoms with Gasteiger partial charge in [0.05, 0.1) is 23.9 Å². The molecule has 0 bridgehead atoms. The Morgan fingerprint density at radius 3 is 3.00 bits per heavy atom. The van der Waals surface area contributed by atoms with E-state index in [1.54, 1.807) is 11.3 Å². The predicted molar refractivity (Wildman–Crippen MR) is 95.3 cm³/mol. The minimum Gasteiger partial charge on any atom is -0.375 e. The number of aryl methyl sites for hydroxylation is 1. The number of thiazole rings is 1. The third-order valence-electron chi connectivity index (χ3n) is 4.16. The molecule has 1 atom stereocenters. The van der Waals surface area contributed by atoms with E-state index in [4.69, 9.17) is 4.74 Å². The van der Waals surface area contributed by atoms with Gasteiger partial charge in [-0.15, -0.1) is 11.3 Å². The molecule has 24 heavy (non-hydrogen) atoms. The Balaban J connectivity index is 1.40. The Morgan fingerprint density at radius 1 is 1.33 bits per heavy atom. The molecular formula is C18H23N3O2S. The maximum atomic E-state index is 12.3. The van der Waals surface area contributed by atoms with Crippen molar-refractivity contribution in [3.8, 4) is 0 Å². The number of carbonyl (C=O) groups excluding carboxylic acids is 1. The van der Waals surface area contributed by atoms with Crippen molar-refractivity contribution in [2.45, 2.75) is 25.4 Å². The lowest BCUT2D eigenvalue weighted by atomic mass is 10.1. The Kier molecular flexibility index (Phi) is 6.20. The van der Waals surface area contributed by atoms with Crippen LogP contribution in [-0.2, 0) is 17.6 Å². The van der Waals surface area contributed by atoms with E-state index in [2.05, 4.69) is 34.6 Å². The molecule has 6 heteroatoms. The molecule has 1 saturated heterocycles. The summed E-state index contributed by atoms with van der Waals surface area (Å²) in [5.41, 5.74) is 4.16. The Morgan fingerprint density at radius 2 is 2.21 bits per heavy atom. The van der Waals surface area contributed by atoms with Crippen molar-refractivity contribution in [2.24, 2.45) is 0 Å². The second kappa shape index (κ2) is 8.80. The van der Waals surface area contributed by atoms with E-state index in [9.17, 15) is 4.79 Å². The number of benzene rings is 1. The molecule has 1 aliphatic heterocycles. The highest BCUT2D eigenvalue weighted by molar-refractivity contribution is 7.07. The van der Waals surface area contributed by atoms with Crippen molar-refractivity contribution in [1.29, 1.82) is 0 Å². The third-order valence-corrected chi connectivity index (χ3v) is 4.80. The number of nitrogens with zero attached hydrogens (tertiary/aromatic N) is 2. The van der Waals surface area contributed by atoms with Crippen molar-refractivity contribution < 1.29 is 9.53 Å². The first kappa shape index (κ1) is 16.9. The summed E-state index contributed by atoms with van der Waals surface area (Å²) in [5.74, 6) is 0. The zero-order valence-electron chi connectivity index (χ0n) is 13.7. The SMILES string of the molecule is O=C(NCCc1cscn1)N1CCO[C@H](CCc2ccccc2)C1. The lowest BCUT2D eigenvalue weighted by molar-refractivity contribution is -0.0175. The van der Waals surface area contributed by atoms with Crippen LogP contribution in [0.15, 0.2) is 41.2 Å². The van der Waals surface area contributed by atoms with Gasteiger partial charge in [0.2, 0.25) is 0 Å². The predicted octanol–water partition coefficient (Wildman–Crippen LogP) is 2.73. The molecule has 0 aliphatic carbocycles. The molecule has 5 nitrogen and oxygen atoms in total. The van der Waals surface area contributed by atoms with Gasteiger partial charge < -0.3 is 15.0 Å². The molecule has 1 aromatic carbocycles. The topological polar surface area (TPSA) is 54.5 Å². The minimum atomic E-state index is -0.00163.